The first kappa shape index (κ1) is 20.1. The van der Waals surface area contributed by atoms with Crippen LogP contribution in [0.25, 0.3) is 0 Å². The fourth-order valence-corrected chi connectivity index (χ4v) is 2.90. The summed E-state index contributed by atoms with van der Waals surface area (Å²) < 4.78 is 16.9. The molecule has 2 rings (SSSR count). The predicted octanol–water partition coefficient (Wildman–Crippen LogP) is 5.32. The molecule has 0 aliphatic heterocycles. The molecule has 0 bridgehead atoms. The summed E-state index contributed by atoms with van der Waals surface area (Å²) >= 11 is 6.23. The van der Waals surface area contributed by atoms with Crippen LogP contribution in [0.2, 0.25) is 5.02 Å². The van der Waals surface area contributed by atoms with Crippen molar-refractivity contribution in [3.63, 3.8) is 0 Å². The number of methoxy groups -OCH3 is 2. The van der Waals surface area contributed by atoms with Crippen molar-refractivity contribution in [1.82, 2.24) is 0 Å². The predicted molar refractivity (Wildman–Crippen MR) is 104 cm³/mol. The Balaban J connectivity index is 2.59. The van der Waals surface area contributed by atoms with Crippen molar-refractivity contribution in [2.45, 2.75) is 27.2 Å². The van der Waals surface area contributed by atoms with Gasteiger partial charge in [0.25, 0.3) is 0 Å². The standard InChI is InChI=1S/C21H25ClO4/c1-13(2)10-11-26-21-18(14(3)12-17(24-4)20(21)25-5)19(23)15-8-6-7-9-16(15)22/h6-9,12-13H,10-11H2,1-5H3. The number of hydrogen-bond donors (Lipinski definition) is 0. The maximum absolute atomic E-state index is 13.2. The molecule has 0 aliphatic rings. The Bertz CT molecular complexity index is 784. The Morgan fingerprint density at radius 1 is 1.12 bits per heavy atom. The molecular formula is C21H25ClO4. The van der Waals surface area contributed by atoms with Gasteiger partial charge in [0.05, 0.1) is 31.4 Å². The zero-order valence-corrected chi connectivity index (χ0v) is 16.6. The molecule has 2 aromatic carbocycles. The molecule has 0 N–H and O–H groups in total. The van der Waals surface area contributed by atoms with Crippen molar-refractivity contribution in [2.24, 2.45) is 5.92 Å². The molecule has 0 fully saturated rings. The van der Waals surface area contributed by atoms with Crippen molar-refractivity contribution in [3.8, 4) is 17.2 Å². The summed E-state index contributed by atoms with van der Waals surface area (Å²) in [4.78, 5) is 13.2. The minimum absolute atomic E-state index is 0.200. The van der Waals surface area contributed by atoms with E-state index in [4.69, 9.17) is 25.8 Å². The Morgan fingerprint density at radius 3 is 2.38 bits per heavy atom. The third-order valence-electron chi connectivity index (χ3n) is 4.11. The van der Waals surface area contributed by atoms with Gasteiger partial charge in [-0.05, 0) is 43.0 Å². The average molecular weight is 377 g/mol. The van der Waals surface area contributed by atoms with E-state index in [1.807, 2.05) is 6.92 Å². The van der Waals surface area contributed by atoms with E-state index in [0.717, 1.165) is 12.0 Å². The van der Waals surface area contributed by atoms with Gasteiger partial charge in [0, 0.05) is 5.56 Å². The lowest BCUT2D eigenvalue weighted by Gasteiger charge is -2.20. The number of halogens is 1. The summed E-state index contributed by atoms with van der Waals surface area (Å²) in [5.74, 6) is 1.62. The number of benzene rings is 2. The van der Waals surface area contributed by atoms with Crippen LogP contribution in [0.4, 0.5) is 0 Å². The Hall–Kier alpha value is -2.20. The van der Waals surface area contributed by atoms with Crippen LogP contribution in [0.5, 0.6) is 17.2 Å². The number of aryl methyl sites for hydroxylation is 1. The summed E-state index contributed by atoms with van der Waals surface area (Å²) in [6.07, 6.45) is 0.860. The third kappa shape index (κ3) is 4.31. The fraction of sp³-hybridized carbons (Fsp3) is 0.381. The lowest BCUT2D eigenvalue weighted by molar-refractivity contribution is 0.103. The summed E-state index contributed by atoms with van der Waals surface area (Å²) in [5.41, 5.74) is 1.62. The molecule has 0 unspecified atom stereocenters. The molecule has 0 heterocycles. The molecular weight excluding hydrogens is 352 g/mol. The van der Waals surface area contributed by atoms with Gasteiger partial charge in [0.2, 0.25) is 5.75 Å². The number of hydrogen-bond acceptors (Lipinski definition) is 4. The zero-order valence-electron chi connectivity index (χ0n) is 15.9. The van der Waals surface area contributed by atoms with Crippen LogP contribution < -0.4 is 14.2 Å². The summed E-state index contributed by atoms with van der Waals surface area (Å²) in [7, 11) is 3.09. The zero-order chi connectivity index (χ0) is 19.3. The third-order valence-corrected chi connectivity index (χ3v) is 4.44. The monoisotopic (exact) mass is 376 g/mol. The Labute approximate surface area is 160 Å². The molecule has 2 aromatic rings. The van der Waals surface area contributed by atoms with E-state index in [9.17, 15) is 4.79 Å². The number of ether oxygens (including phenoxy) is 3. The lowest BCUT2D eigenvalue weighted by atomic mass is 9.97. The quantitative estimate of drug-likeness (QED) is 0.585. The van der Waals surface area contributed by atoms with E-state index >= 15 is 0 Å². The van der Waals surface area contributed by atoms with Crippen molar-refractivity contribution in [1.29, 1.82) is 0 Å². The van der Waals surface area contributed by atoms with Crippen LogP contribution in [0.1, 0.15) is 41.8 Å². The second-order valence-corrected chi connectivity index (χ2v) is 6.88. The van der Waals surface area contributed by atoms with Crippen LogP contribution in [0.15, 0.2) is 30.3 Å². The minimum atomic E-state index is -0.200. The smallest absolute Gasteiger partial charge is 0.204 e. The van der Waals surface area contributed by atoms with Gasteiger partial charge in [0.1, 0.15) is 0 Å². The van der Waals surface area contributed by atoms with Gasteiger partial charge in [-0.25, -0.2) is 0 Å². The molecule has 0 radical (unpaired) electrons. The highest BCUT2D eigenvalue weighted by Crippen LogP contribution is 2.43. The van der Waals surface area contributed by atoms with E-state index in [0.29, 0.717) is 45.9 Å². The van der Waals surface area contributed by atoms with Gasteiger partial charge >= 0.3 is 0 Å². The molecule has 140 valence electrons. The van der Waals surface area contributed by atoms with Gasteiger partial charge in [-0.1, -0.05) is 37.6 Å². The Morgan fingerprint density at radius 2 is 1.81 bits per heavy atom. The summed E-state index contributed by atoms with van der Waals surface area (Å²) in [6.45, 7) is 6.56. The highest BCUT2D eigenvalue weighted by molar-refractivity contribution is 6.35. The molecule has 26 heavy (non-hydrogen) atoms. The second-order valence-electron chi connectivity index (χ2n) is 6.47. The minimum Gasteiger partial charge on any atom is -0.493 e. The van der Waals surface area contributed by atoms with E-state index in [1.165, 1.54) is 7.11 Å². The number of ketones is 1. The van der Waals surface area contributed by atoms with E-state index < -0.39 is 0 Å². The van der Waals surface area contributed by atoms with Gasteiger partial charge < -0.3 is 14.2 Å². The van der Waals surface area contributed by atoms with Crippen molar-refractivity contribution in [2.75, 3.05) is 20.8 Å². The van der Waals surface area contributed by atoms with Gasteiger partial charge in [0.15, 0.2) is 17.3 Å². The largest absolute Gasteiger partial charge is 0.493 e. The molecule has 0 saturated heterocycles. The van der Waals surface area contributed by atoms with Crippen molar-refractivity contribution < 1.29 is 19.0 Å². The van der Waals surface area contributed by atoms with E-state index in [-0.39, 0.29) is 5.78 Å². The first-order valence-electron chi connectivity index (χ1n) is 8.58. The number of carbonyl (C=O) groups excluding carboxylic acids is 1. The average Bonchev–Trinajstić information content (AvgIpc) is 2.60. The number of rotatable bonds is 8. The second kappa shape index (κ2) is 8.95. The van der Waals surface area contributed by atoms with E-state index in [2.05, 4.69) is 13.8 Å². The summed E-state index contributed by atoms with van der Waals surface area (Å²) in [6, 6.07) is 8.76. The molecule has 0 atom stereocenters. The van der Waals surface area contributed by atoms with Crippen molar-refractivity contribution >= 4 is 17.4 Å². The van der Waals surface area contributed by atoms with Crippen molar-refractivity contribution in [3.05, 3.63) is 52.0 Å². The Kier molecular flexibility index (Phi) is 6.92. The first-order chi connectivity index (χ1) is 12.4. The highest BCUT2D eigenvalue weighted by Gasteiger charge is 2.26. The normalized spacial score (nSPS) is 10.7. The maximum atomic E-state index is 13.2. The van der Waals surface area contributed by atoms with Gasteiger partial charge in [-0.15, -0.1) is 0 Å². The molecule has 0 amide bonds. The van der Waals surface area contributed by atoms with Gasteiger partial charge in [-0.3, -0.25) is 4.79 Å². The maximum Gasteiger partial charge on any atom is 0.204 e. The van der Waals surface area contributed by atoms with E-state index in [1.54, 1.807) is 37.4 Å². The van der Waals surface area contributed by atoms with Gasteiger partial charge in [-0.2, -0.15) is 0 Å². The lowest BCUT2D eigenvalue weighted by Crippen LogP contribution is -2.12. The van der Waals surface area contributed by atoms with Crippen LogP contribution in [0, 0.1) is 12.8 Å². The van der Waals surface area contributed by atoms with Crippen LogP contribution in [-0.2, 0) is 0 Å². The molecule has 4 nitrogen and oxygen atoms in total. The van der Waals surface area contributed by atoms with Crippen LogP contribution >= 0.6 is 11.6 Å². The molecule has 0 aliphatic carbocycles. The molecule has 5 heteroatoms. The summed E-state index contributed by atoms with van der Waals surface area (Å²) in [5, 5.41) is 0.403. The SMILES string of the molecule is COc1cc(C)c(C(=O)c2ccccc2Cl)c(OCCC(C)C)c1OC. The topological polar surface area (TPSA) is 44.8 Å². The first-order valence-corrected chi connectivity index (χ1v) is 8.96. The number of carbonyl (C=O) groups is 1. The molecule has 0 aromatic heterocycles. The van der Waals surface area contributed by atoms with Crippen LogP contribution in [-0.4, -0.2) is 26.6 Å². The highest BCUT2D eigenvalue weighted by atomic mass is 35.5. The molecule has 0 saturated carbocycles. The molecule has 0 spiro atoms. The fourth-order valence-electron chi connectivity index (χ4n) is 2.68. The van der Waals surface area contributed by atoms with Crippen LogP contribution in [0.3, 0.4) is 0 Å².